The van der Waals surface area contributed by atoms with Crippen molar-refractivity contribution in [2.45, 2.75) is 6.10 Å². The normalized spacial score (nSPS) is 15.9. The van der Waals surface area contributed by atoms with Crippen molar-refractivity contribution in [2.75, 3.05) is 18.1 Å². The summed E-state index contributed by atoms with van der Waals surface area (Å²) < 4.78 is 11.1. The van der Waals surface area contributed by atoms with E-state index in [1.807, 2.05) is 23.6 Å². The zero-order chi connectivity index (χ0) is 16.9. The van der Waals surface area contributed by atoms with Crippen LogP contribution >= 0.6 is 0 Å². The zero-order valence-electron chi connectivity index (χ0n) is 12.8. The molecule has 1 unspecified atom stereocenters. The number of benzene rings is 2. The second kappa shape index (κ2) is 7.01. The molecule has 1 atom stereocenters. The molecular weight excluding hydrogens is 310 g/mol. The maximum absolute atomic E-state index is 12.6. The molecule has 3 N–H and O–H groups in total. The molecular formula is C17H17N3O4. The average molecular weight is 327 g/mol. The van der Waals surface area contributed by atoms with Crippen molar-refractivity contribution < 1.29 is 19.1 Å². The molecule has 3 rings (SSSR count). The number of amides is 2. The van der Waals surface area contributed by atoms with E-state index in [9.17, 15) is 9.59 Å². The summed E-state index contributed by atoms with van der Waals surface area (Å²) in [6.45, 7) is -0.0770. The molecule has 0 spiro atoms. The summed E-state index contributed by atoms with van der Waals surface area (Å²) in [5, 5.41) is 0. The zero-order valence-corrected chi connectivity index (χ0v) is 12.8. The highest BCUT2D eigenvalue weighted by molar-refractivity contribution is 5.98. The topological polar surface area (TPSA) is 93.9 Å². The summed E-state index contributed by atoms with van der Waals surface area (Å²) >= 11 is 0. The third-order valence-electron chi connectivity index (χ3n) is 3.61. The Morgan fingerprint density at radius 1 is 1.17 bits per heavy atom. The van der Waals surface area contributed by atoms with E-state index in [2.05, 4.69) is 0 Å². The van der Waals surface area contributed by atoms with Gasteiger partial charge < -0.3 is 14.4 Å². The van der Waals surface area contributed by atoms with Crippen LogP contribution in [0.25, 0.3) is 0 Å². The van der Waals surface area contributed by atoms with E-state index in [1.54, 1.807) is 36.4 Å². The van der Waals surface area contributed by atoms with Gasteiger partial charge in [-0.1, -0.05) is 30.3 Å². The first-order valence-electron chi connectivity index (χ1n) is 7.43. The van der Waals surface area contributed by atoms with Crippen LogP contribution in [0.5, 0.6) is 11.5 Å². The van der Waals surface area contributed by atoms with Crippen molar-refractivity contribution in [1.29, 1.82) is 0 Å². The van der Waals surface area contributed by atoms with Crippen molar-refractivity contribution in [3.8, 4) is 11.5 Å². The first-order chi connectivity index (χ1) is 11.7. The first kappa shape index (κ1) is 15.8. The number of carbonyl (C=O) groups excluding carboxylic acids is 2. The number of nitrogens with zero attached hydrogens (tertiary/aromatic N) is 1. The number of nitrogens with one attached hydrogen (secondary N) is 1. The summed E-state index contributed by atoms with van der Waals surface area (Å²) in [5.74, 6) is 5.45. The Balaban J connectivity index is 1.77. The van der Waals surface area contributed by atoms with Crippen LogP contribution in [-0.2, 0) is 9.59 Å². The summed E-state index contributed by atoms with van der Waals surface area (Å²) in [6, 6.07) is 16.1. The van der Waals surface area contributed by atoms with Gasteiger partial charge in [0, 0.05) is 0 Å². The number of hydrogen-bond donors (Lipinski definition) is 2. The third kappa shape index (κ3) is 3.31. The molecule has 1 heterocycles. The van der Waals surface area contributed by atoms with Gasteiger partial charge in [-0.3, -0.25) is 15.0 Å². The Morgan fingerprint density at radius 3 is 2.62 bits per heavy atom. The lowest BCUT2D eigenvalue weighted by Gasteiger charge is -2.33. The summed E-state index contributed by atoms with van der Waals surface area (Å²) in [6.07, 6.45) is -0.870. The monoisotopic (exact) mass is 327 g/mol. The van der Waals surface area contributed by atoms with Crippen LogP contribution in [0.1, 0.15) is 0 Å². The number of hydrogen-bond acceptors (Lipinski definition) is 5. The van der Waals surface area contributed by atoms with Gasteiger partial charge in [-0.25, -0.2) is 5.84 Å². The third-order valence-corrected chi connectivity index (χ3v) is 3.61. The molecule has 0 radical (unpaired) electrons. The summed E-state index contributed by atoms with van der Waals surface area (Å²) in [4.78, 5) is 25.8. The van der Waals surface area contributed by atoms with Crippen LogP contribution in [0, 0.1) is 0 Å². The number of hydrazine groups is 1. The summed E-state index contributed by atoms with van der Waals surface area (Å²) in [7, 11) is 0. The minimum absolute atomic E-state index is 0.0665. The maximum Gasteiger partial charge on any atom is 0.276 e. The standard InChI is InChI=1S/C17H17N3O4/c18-19-17(22)15-10-20(13-8-4-5-9-14(13)24-15)16(21)11-23-12-6-2-1-3-7-12/h1-9,15H,10-11,18H2,(H,19,22). The van der Waals surface area contributed by atoms with Crippen molar-refractivity contribution in [3.05, 3.63) is 54.6 Å². The predicted octanol–water partition coefficient (Wildman–Crippen LogP) is 0.850. The van der Waals surface area contributed by atoms with Gasteiger partial charge in [0.05, 0.1) is 12.2 Å². The number of rotatable bonds is 4. The second-order valence-electron chi connectivity index (χ2n) is 5.19. The average Bonchev–Trinajstić information content (AvgIpc) is 2.65. The molecule has 0 aliphatic carbocycles. The fourth-order valence-electron chi connectivity index (χ4n) is 2.44. The van der Waals surface area contributed by atoms with Gasteiger partial charge in [0.2, 0.25) is 0 Å². The molecule has 24 heavy (non-hydrogen) atoms. The van der Waals surface area contributed by atoms with Crippen molar-refractivity contribution in [2.24, 2.45) is 5.84 Å². The molecule has 2 aromatic rings. The molecule has 0 saturated heterocycles. The van der Waals surface area contributed by atoms with Gasteiger partial charge in [0.1, 0.15) is 11.5 Å². The van der Waals surface area contributed by atoms with E-state index >= 15 is 0 Å². The Bertz CT molecular complexity index is 736. The van der Waals surface area contributed by atoms with Crippen molar-refractivity contribution in [1.82, 2.24) is 5.43 Å². The Labute approximate surface area is 138 Å². The van der Waals surface area contributed by atoms with E-state index in [1.165, 1.54) is 4.90 Å². The smallest absolute Gasteiger partial charge is 0.276 e. The van der Waals surface area contributed by atoms with Gasteiger partial charge in [0.15, 0.2) is 12.7 Å². The lowest BCUT2D eigenvalue weighted by molar-refractivity contribution is -0.128. The highest BCUT2D eigenvalue weighted by Crippen LogP contribution is 2.33. The lowest BCUT2D eigenvalue weighted by Crippen LogP contribution is -2.53. The van der Waals surface area contributed by atoms with E-state index in [-0.39, 0.29) is 19.1 Å². The molecule has 0 fully saturated rings. The molecule has 7 heteroatoms. The van der Waals surface area contributed by atoms with E-state index in [0.717, 1.165) is 0 Å². The Hall–Kier alpha value is -3.06. The molecule has 7 nitrogen and oxygen atoms in total. The Kier molecular flexibility index (Phi) is 4.62. The van der Waals surface area contributed by atoms with Crippen molar-refractivity contribution >= 4 is 17.5 Å². The number of carbonyl (C=O) groups is 2. The van der Waals surface area contributed by atoms with Gasteiger partial charge in [-0.15, -0.1) is 0 Å². The molecule has 0 saturated carbocycles. The number of nitrogens with two attached hydrogens (primary N) is 1. The van der Waals surface area contributed by atoms with Crippen LogP contribution in [-0.4, -0.2) is 31.1 Å². The highest BCUT2D eigenvalue weighted by atomic mass is 16.5. The van der Waals surface area contributed by atoms with Gasteiger partial charge in [0.25, 0.3) is 11.8 Å². The fourth-order valence-corrected chi connectivity index (χ4v) is 2.44. The van der Waals surface area contributed by atoms with E-state index < -0.39 is 12.0 Å². The fraction of sp³-hybridized carbons (Fsp3) is 0.176. The van der Waals surface area contributed by atoms with E-state index in [4.69, 9.17) is 15.3 Å². The van der Waals surface area contributed by atoms with E-state index in [0.29, 0.717) is 17.2 Å². The van der Waals surface area contributed by atoms with Crippen LogP contribution < -0.4 is 25.6 Å². The maximum atomic E-state index is 12.6. The highest BCUT2D eigenvalue weighted by Gasteiger charge is 2.33. The van der Waals surface area contributed by atoms with Gasteiger partial charge in [-0.05, 0) is 24.3 Å². The molecule has 0 bridgehead atoms. The first-order valence-corrected chi connectivity index (χ1v) is 7.43. The van der Waals surface area contributed by atoms with Crippen LogP contribution in [0.2, 0.25) is 0 Å². The quantitative estimate of drug-likeness (QED) is 0.493. The lowest BCUT2D eigenvalue weighted by atomic mass is 10.1. The minimum atomic E-state index is -0.870. The number of anilines is 1. The number of para-hydroxylation sites is 3. The SMILES string of the molecule is NNC(=O)C1CN(C(=O)COc2ccccc2)c2ccccc2O1. The number of ether oxygens (including phenoxy) is 2. The van der Waals surface area contributed by atoms with Crippen LogP contribution in [0.15, 0.2) is 54.6 Å². The number of fused-ring (bicyclic) bond motifs is 1. The predicted molar refractivity (Wildman–Crippen MR) is 87.5 cm³/mol. The second-order valence-corrected chi connectivity index (χ2v) is 5.19. The molecule has 2 aromatic carbocycles. The van der Waals surface area contributed by atoms with Crippen LogP contribution in [0.3, 0.4) is 0 Å². The molecule has 1 aliphatic heterocycles. The molecule has 2 amide bonds. The van der Waals surface area contributed by atoms with Gasteiger partial charge >= 0.3 is 0 Å². The molecule has 1 aliphatic rings. The minimum Gasteiger partial charge on any atom is -0.484 e. The van der Waals surface area contributed by atoms with Crippen LogP contribution in [0.4, 0.5) is 5.69 Å². The van der Waals surface area contributed by atoms with Gasteiger partial charge in [-0.2, -0.15) is 0 Å². The Morgan fingerprint density at radius 2 is 1.88 bits per heavy atom. The largest absolute Gasteiger partial charge is 0.484 e. The van der Waals surface area contributed by atoms with Crippen molar-refractivity contribution in [3.63, 3.8) is 0 Å². The summed E-state index contributed by atoms with van der Waals surface area (Å²) in [5.41, 5.74) is 2.65. The molecule has 0 aromatic heterocycles. The molecule has 124 valence electrons.